The minimum atomic E-state index is 0.126. The molecule has 1 aromatic heterocycles. The van der Waals surface area contributed by atoms with Crippen molar-refractivity contribution in [2.45, 2.75) is 19.3 Å². The Labute approximate surface area is 89.2 Å². The van der Waals surface area contributed by atoms with Crippen molar-refractivity contribution in [3.05, 3.63) is 58.3 Å². The van der Waals surface area contributed by atoms with Crippen molar-refractivity contribution < 1.29 is 0 Å². The van der Waals surface area contributed by atoms with E-state index < -0.39 is 0 Å². The van der Waals surface area contributed by atoms with Crippen molar-refractivity contribution in [1.29, 1.82) is 0 Å². The number of hydrogen-bond acceptors (Lipinski definition) is 1. The van der Waals surface area contributed by atoms with Gasteiger partial charge in [-0.15, -0.1) is 0 Å². The molecule has 72 valence electrons. The number of thiophene rings is 1. The molecule has 14 heavy (non-hydrogen) atoms. The van der Waals surface area contributed by atoms with Gasteiger partial charge in [0.25, 0.3) is 0 Å². The second kappa shape index (κ2) is 3.58. The average molecular weight is 202 g/mol. The van der Waals surface area contributed by atoms with Crippen molar-refractivity contribution in [2.24, 2.45) is 0 Å². The van der Waals surface area contributed by atoms with Crippen LogP contribution in [0.2, 0.25) is 0 Å². The Morgan fingerprint density at radius 3 is 2.21 bits per heavy atom. The fraction of sp³-hybridized carbons (Fsp3) is 0.231. The SMILES string of the molecule is CC(C)(c1ccccc1)c1ccsc1. The summed E-state index contributed by atoms with van der Waals surface area (Å²) in [5.41, 5.74) is 2.90. The monoisotopic (exact) mass is 202 g/mol. The molecule has 0 spiro atoms. The Morgan fingerprint density at radius 1 is 0.929 bits per heavy atom. The lowest BCUT2D eigenvalue weighted by Gasteiger charge is -2.24. The first-order chi connectivity index (χ1) is 6.71. The third-order valence-electron chi connectivity index (χ3n) is 2.74. The molecule has 0 nitrogen and oxygen atoms in total. The van der Waals surface area contributed by atoms with Crippen LogP contribution in [-0.4, -0.2) is 0 Å². The third-order valence-corrected chi connectivity index (χ3v) is 3.42. The molecule has 1 aromatic carbocycles. The van der Waals surface area contributed by atoms with Gasteiger partial charge in [0.05, 0.1) is 0 Å². The van der Waals surface area contributed by atoms with Crippen LogP contribution in [-0.2, 0) is 5.41 Å². The van der Waals surface area contributed by atoms with Gasteiger partial charge >= 0.3 is 0 Å². The van der Waals surface area contributed by atoms with E-state index in [1.54, 1.807) is 11.3 Å². The highest BCUT2D eigenvalue weighted by Gasteiger charge is 2.22. The molecule has 0 fully saturated rings. The van der Waals surface area contributed by atoms with Crippen LogP contribution in [0, 0.1) is 0 Å². The van der Waals surface area contributed by atoms with E-state index in [1.165, 1.54) is 11.1 Å². The van der Waals surface area contributed by atoms with Crippen molar-refractivity contribution in [2.75, 3.05) is 0 Å². The predicted octanol–water partition coefficient (Wildman–Crippen LogP) is 4.07. The molecular weight excluding hydrogens is 188 g/mol. The second-order valence-electron chi connectivity index (χ2n) is 4.00. The highest BCUT2D eigenvalue weighted by atomic mass is 32.1. The normalized spacial score (nSPS) is 11.6. The first-order valence-corrected chi connectivity index (χ1v) is 5.74. The maximum absolute atomic E-state index is 2.27. The summed E-state index contributed by atoms with van der Waals surface area (Å²) in [6, 6.07) is 12.9. The van der Waals surface area contributed by atoms with Crippen LogP contribution >= 0.6 is 11.3 Å². The summed E-state index contributed by atoms with van der Waals surface area (Å²) in [6.45, 7) is 4.54. The highest BCUT2D eigenvalue weighted by molar-refractivity contribution is 7.08. The molecule has 0 radical (unpaired) electrons. The molecule has 0 aliphatic heterocycles. The number of hydrogen-bond donors (Lipinski definition) is 0. The zero-order chi connectivity index (χ0) is 10.0. The zero-order valence-electron chi connectivity index (χ0n) is 8.53. The molecule has 0 aliphatic carbocycles. The molecule has 0 amide bonds. The number of benzene rings is 1. The molecule has 1 heterocycles. The summed E-state index contributed by atoms with van der Waals surface area (Å²) in [4.78, 5) is 0. The van der Waals surface area contributed by atoms with Gasteiger partial charge in [-0.05, 0) is 28.0 Å². The fourth-order valence-electron chi connectivity index (χ4n) is 1.64. The molecule has 0 unspecified atom stereocenters. The lowest BCUT2D eigenvalue weighted by molar-refractivity contribution is 0.644. The standard InChI is InChI=1S/C13H14S/c1-13(2,12-8-9-14-10-12)11-6-4-3-5-7-11/h3-10H,1-2H3. The molecule has 0 saturated heterocycles. The maximum Gasteiger partial charge on any atom is 0.0154 e. The average Bonchev–Trinajstić information content (AvgIpc) is 2.72. The zero-order valence-corrected chi connectivity index (χ0v) is 9.34. The van der Waals surface area contributed by atoms with Crippen LogP contribution in [0.4, 0.5) is 0 Å². The van der Waals surface area contributed by atoms with E-state index in [1.807, 2.05) is 0 Å². The summed E-state index contributed by atoms with van der Waals surface area (Å²) >= 11 is 1.76. The van der Waals surface area contributed by atoms with Crippen LogP contribution in [0.3, 0.4) is 0 Å². The van der Waals surface area contributed by atoms with E-state index in [-0.39, 0.29) is 5.41 Å². The Balaban J connectivity index is 2.43. The minimum absolute atomic E-state index is 0.126. The number of rotatable bonds is 2. The Bertz CT molecular complexity index is 384. The fourth-order valence-corrected chi connectivity index (χ4v) is 2.47. The van der Waals surface area contributed by atoms with Gasteiger partial charge in [0.2, 0.25) is 0 Å². The molecular formula is C13H14S. The lowest BCUT2D eigenvalue weighted by Crippen LogP contribution is -2.17. The van der Waals surface area contributed by atoms with Crippen molar-refractivity contribution in [1.82, 2.24) is 0 Å². The van der Waals surface area contributed by atoms with E-state index in [9.17, 15) is 0 Å². The Kier molecular flexibility index (Phi) is 2.42. The summed E-state index contributed by atoms with van der Waals surface area (Å²) in [7, 11) is 0. The quantitative estimate of drug-likeness (QED) is 0.688. The van der Waals surface area contributed by atoms with E-state index in [2.05, 4.69) is 61.0 Å². The van der Waals surface area contributed by atoms with Gasteiger partial charge in [-0.2, -0.15) is 11.3 Å². The molecule has 2 rings (SSSR count). The van der Waals surface area contributed by atoms with Crippen LogP contribution in [0.25, 0.3) is 0 Å². The van der Waals surface area contributed by atoms with Gasteiger partial charge in [-0.3, -0.25) is 0 Å². The summed E-state index contributed by atoms with van der Waals surface area (Å²) in [5.74, 6) is 0. The maximum atomic E-state index is 2.27. The molecule has 0 N–H and O–H groups in total. The molecule has 0 atom stereocenters. The first kappa shape index (κ1) is 9.47. The van der Waals surface area contributed by atoms with Gasteiger partial charge in [0.1, 0.15) is 0 Å². The van der Waals surface area contributed by atoms with Gasteiger partial charge in [0, 0.05) is 5.41 Å². The van der Waals surface area contributed by atoms with E-state index in [0.29, 0.717) is 0 Å². The van der Waals surface area contributed by atoms with Crippen LogP contribution < -0.4 is 0 Å². The summed E-state index contributed by atoms with van der Waals surface area (Å²) in [5, 5.41) is 4.37. The summed E-state index contributed by atoms with van der Waals surface area (Å²) in [6.07, 6.45) is 0. The smallest absolute Gasteiger partial charge is 0.0154 e. The van der Waals surface area contributed by atoms with Gasteiger partial charge < -0.3 is 0 Å². The Hall–Kier alpha value is -1.08. The molecule has 2 aromatic rings. The van der Waals surface area contributed by atoms with Crippen molar-refractivity contribution in [3.63, 3.8) is 0 Å². The Morgan fingerprint density at radius 2 is 1.64 bits per heavy atom. The van der Waals surface area contributed by atoms with Crippen LogP contribution in [0.1, 0.15) is 25.0 Å². The largest absolute Gasteiger partial charge is 0.152 e. The molecule has 0 saturated carbocycles. The first-order valence-electron chi connectivity index (χ1n) is 4.79. The predicted molar refractivity (Wildman–Crippen MR) is 62.9 cm³/mol. The van der Waals surface area contributed by atoms with E-state index in [4.69, 9.17) is 0 Å². The molecule has 0 aliphatic rings. The second-order valence-corrected chi connectivity index (χ2v) is 4.78. The van der Waals surface area contributed by atoms with Gasteiger partial charge in [-0.25, -0.2) is 0 Å². The van der Waals surface area contributed by atoms with Gasteiger partial charge in [0.15, 0.2) is 0 Å². The third kappa shape index (κ3) is 1.60. The van der Waals surface area contributed by atoms with Crippen molar-refractivity contribution in [3.8, 4) is 0 Å². The van der Waals surface area contributed by atoms with E-state index >= 15 is 0 Å². The molecule has 0 bridgehead atoms. The minimum Gasteiger partial charge on any atom is -0.152 e. The highest BCUT2D eigenvalue weighted by Crippen LogP contribution is 2.32. The lowest BCUT2D eigenvalue weighted by atomic mass is 9.80. The topological polar surface area (TPSA) is 0 Å². The van der Waals surface area contributed by atoms with Crippen LogP contribution in [0.5, 0.6) is 0 Å². The summed E-state index contributed by atoms with van der Waals surface area (Å²) < 4.78 is 0. The van der Waals surface area contributed by atoms with Gasteiger partial charge in [-0.1, -0.05) is 44.2 Å². The van der Waals surface area contributed by atoms with E-state index in [0.717, 1.165) is 0 Å². The molecule has 1 heteroatoms. The van der Waals surface area contributed by atoms with Crippen LogP contribution in [0.15, 0.2) is 47.2 Å². The van der Waals surface area contributed by atoms with Crippen molar-refractivity contribution >= 4 is 11.3 Å².